The van der Waals surface area contributed by atoms with Crippen LogP contribution >= 0.6 is 0 Å². The molecule has 12 heteroatoms. The summed E-state index contributed by atoms with van der Waals surface area (Å²) >= 11 is 0. The second-order valence-electron chi connectivity index (χ2n) is 13.6. The number of nitrogens with zero attached hydrogens (tertiary/aromatic N) is 7. The molecule has 2 N–H and O–H groups in total. The Hall–Kier alpha value is -3.54. The first kappa shape index (κ1) is 29.9. The number of carbonyl (C=O) groups excluding carboxylic acids is 2. The average Bonchev–Trinajstić information content (AvgIpc) is 3.52. The number of nitrogen functional groups attached to an aromatic ring is 1. The van der Waals surface area contributed by atoms with Crippen molar-refractivity contribution in [3.63, 3.8) is 0 Å². The van der Waals surface area contributed by atoms with Crippen molar-refractivity contribution >= 4 is 29.6 Å². The van der Waals surface area contributed by atoms with Gasteiger partial charge >= 0.3 is 5.97 Å². The van der Waals surface area contributed by atoms with Crippen molar-refractivity contribution < 1.29 is 19.1 Å². The van der Waals surface area contributed by atoms with Crippen LogP contribution < -0.4 is 15.5 Å². The molecule has 0 radical (unpaired) electrons. The van der Waals surface area contributed by atoms with Crippen LogP contribution in [0.4, 0.5) is 17.7 Å². The van der Waals surface area contributed by atoms with Crippen LogP contribution in [0.3, 0.4) is 0 Å². The maximum Gasteiger partial charge on any atom is 0.307 e. The van der Waals surface area contributed by atoms with Gasteiger partial charge in [-0.15, -0.1) is 0 Å². The Labute approximate surface area is 248 Å². The van der Waals surface area contributed by atoms with Crippen molar-refractivity contribution in [2.24, 2.45) is 5.41 Å². The van der Waals surface area contributed by atoms with E-state index in [4.69, 9.17) is 25.2 Å². The van der Waals surface area contributed by atoms with Crippen LogP contribution in [-0.2, 0) is 25.5 Å². The number of esters is 1. The number of aromatic nitrogens is 4. The number of nitrogens with two attached hydrogens (primary N) is 1. The van der Waals surface area contributed by atoms with Gasteiger partial charge in [-0.05, 0) is 47.5 Å². The number of ether oxygens (including phenoxy) is 2. The van der Waals surface area contributed by atoms with Crippen LogP contribution in [0.15, 0.2) is 12.4 Å². The topological polar surface area (TPSA) is 140 Å². The van der Waals surface area contributed by atoms with E-state index in [1.165, 1.54) is 0 Å². The molecule has 2 saturated heterocycles. The average molecular weight is 581 g/mol. The highest BCUT2D eigenvalue weighted by atomic mass is 16.6. The molecule has 42 heavy (non-hydrogen) atoms. The summed E-state index contributed by atoms with van der Waals surface area (Å²) in [7, 11) is 0. The van der Waals surface area contributed by atoms with E-state index in [2.05, 4.69) is 33.6 Å². The monoisotopic (exact) mass is 580 g/mol. The van der Waals surface area contributed by atoms with Crippen molar-refractivity contribution in [1.82, 2.24) is 24.8 Å². The molecule has 5 heterocycles. The van der Waals surface area contributed by atoms with Crippen LogP contribution in [0.2, 0.25) is 0 Å². The SMILES string of the molecule is C[C@H]1COCCN1c1nc(-c2cnc(N)nc2)c2c(n1)N([C@@]1(C)CCN(C(=O)C(C)(C)CC(=O)OC(C)(C)C)C1)CC2. The number of carbonyl (C=O) groups is 2. The molecule has 12 nitrogen and oxygen atoms in total. The van der Waals surface area contributed by atoms with E-state index >= 15 is 0 Å². The molecule has 2 aromatic heterocycles. The van der Waals surface area contributed by atoms with Crippen LogP contribution in [0.5, 0.6) is 0 Å². The van der Waals surface area contributed by atoms with E-state index in [-0.39, 0.29) is 35.8 Å². The lowest BCUT2D eigenvalue weighted by molar-refractivity contribution is -0.161. The highest BCUT2D eigenvalue weighted by Gasteiger charge is 2.47. The minimum absolute atomic E-state index is 0.0319. The smallest absolute Gasteiger partial charge is 0.307 e. The zero-order chi connectivity index (χ0) is 30.4. The fraction of sp³-hybridized carbons (Fsp3) is 0.667. The van der Waals surface area contributed by atoms with Gasteiger partial charge in [-0.1, -0.05) is 13.8 Å². The van der Waals surface area contributed by atoms with Crippen molar-refractivity contribution in [2.75, 3.05) is 54.9 Å². The van der Waals surface area contributed by atoms with Gasteiger partial charge in [0.05, 0.1) is 42.3 Å². The molecule has 228 valence electrons. The molecule has 5 rings (SSSR count). The zero-order valence-electron chi connectivity index (χ0n) is 25.9. The third kappa shape index (κ3) is 5.99. The number of hydrogen-bond donors (Lipinski definition) is 1. The van der Waals surface area contributed by atoms with Crippen molar-refractivity contribution in [3.8, 4) is 11.3 Å². The number of morpholine rings is 1. The molecule has 3 aliphatic heterocycles. The van der Waals surface area contributed by atoms with Gasteiger partial charge in [0.15, 0.2) is 0 Å². The number of fused-ring (bicyclic) bond motifs is 1. The third-order valence-corrected chi connectivity index (χ3v) is 8.36. The van der Waals surface area contributed by atoms with E-state index in [9.17, 15) is 9.59 Å². The number of anilines is 3. The Morgan fingerprint density at radius 1 is 1.12 bits per heavy atom. The second-order valence-corrected chi connectivity index (χ2v) is 13.6. The molecule has 0 aliphatic carbocycles. The fourth-order valence-corrected chi connectivity index (χ4v) is 6.20. The predicted molar refractivity (Wildman–Crippen MR) is 160 cm³/mol. The molecule has 0 unspecified atom stereocenters. The molecule has 0 bridgehead atoms. The van der Waals surface area contributed by atoms with Gasteiger partial charge in [0.1, 0.15) is 11.4 Å². The molecule has 0 spiro atoms. The van der Waals surface area contributed by atoms with E-state index in [0.29, 0.717) is 38.8 Å². The lowest BCUT2D eigenvalue weighted by atomic mass is 9.87. The molecule has 3 aliphatic rings. The Kier molecular flexibility index (Phi) is 7.80. The largest absolute Gasteiger partial charge is 0.460 e. The summed E-state index contributed by atoms with van der Waals surface area (Å²) < 4.78 is 11.2. The Bertz CT molecular complexity index is 1340. The highest BCUT2D eigenvalue weighted by Crippen LogP contribution is 2.42. The standard InChI is InChI=1S/C30H44N8O4/c1-19-17-41-13-12-37(19)27-34-23(20-15-32-26(31)33-16-20)21-8-10-38(24(21)35-27)30(7)9-11-36(18-30)25(40)29(5,6)14-22(39)42-28(2,3)4/h15-16,19H,8-14,17-18H2,1-7H3,(H2,31,32,33)/t19-,30-/m0/s1. The summed E-state index contributed by atoms with van der Waals surface area (Å²) in [5.41, 5.74) is 6.63. The Balaban J connectivity index is 1.43. The summed E-state index contributed by atoms with van der Waals surface area (Å²) in [6.07, 6.45) is 5.01. The Morgan fingerprint density at radius 2 is 1.83 bits per heavy atom. The summed E-state index contributed by atoms with van der Waals surface area (Å²) in [6, 6.07) is 0.129. The molecule has 1 amide bonds. The van der Waals surface area contributed by atoms with Gasteiger partial charge in [0.25, 0.3) is 0 Å². The van der Waals surface area contributed by atoms with Gasteiger partial charge in [0.2, 0.25) is 17.8 Å². The van der Waals surface area contributed by atoms with Crippen molar-refractivity contribution in [3.05, 3.63) is 18.0 Å². The lowest BCUT2D eigenvalue weighted by Crippen LogP contribution is -2.50. The highest BCUT2D eigenvalue weighted by molar-refractivity contribution is 5.87. The number of likely N-dealkylation sites (tertiary alicyclic amines) is 1. The van der Waals surface area contributed by atoms with E-state index in [1.54, 1.807) is 12.4 Å². The van der Waals surface area contributed by atoms with Crippen LogP contribution in [0.1, 0.15) is 66.9 Å². The van der Waals surface area contributed by atoms with Crippen LogP contribution in [-0.4, -0.2) is 93.3 Å². The Morgan fingerprint density at radius 3 is 2.50 bits per heavy atom. The van der Waals surface area contributed by atoms with Gasteiger partial charge in [-0.3, -0.25) is 9.59 Å². The zero-order valence-corrected chi connectivity index (χ0v) is 25.9. The predicted octanol–water partition coefficient (Wildman–Crippen LogP) is 2.85. The number of amides is 1. The summed E-state index contributed by atoms with van der Waals surface area (Å²) in [4.78, 5) is 51.3. The number of hydrogen-bond acceptors (Lipinski definition) is 11. The van der Waals surface area contributed by atoms with Crippen molar-refractivity contribution in [2.45, 2.75) is 84.9 Å². The molecular weight excluding hydrogens is 536 g/mol. The lowest BCUT2D eigenvalue weighted by Gasteiger charge is -2.38. The van der Waals surface area contributed by atoms with E-state index < -0.39 is 11.0 Å². The fourth-order valence-electron chi connectivity index (χ4n) is 6.20. The number of rotatable bonds is 6. The third-order valence-electron chi connectivity index (χ3n) is 8.36. The van der Waals surface area contributed by atoms with Crippen LogP contribution in [0.25, 0.3) is 11.3 Å². The second kappa shape index (κ2) is 10.9. The first-order chi connectivity index (χ1) is 19.7. The molecule has 2 atom stereocenters. The van der Waals surface area contributed by atoms with E-state index in [1.807, 2.05) is 39.5 Å². The van der Waals surface area contributed by atoms with Gasteiger partial charge in [0, 0.05) is 49.7 Å². The first-order valence-electron chi connectivity index (χ1n) is 14.8. The quantitative estimate of drug-likeness (QED) is 0.505. The molecule has 2 fully saturated rings. The van der Waals surface area contributed by atoms with Crippen LogP contribution in [0, 0.1) is 5.41 Å². The summed E-state index contributed by atoms with van der Waals surface area (Å²) in [5, 5.41) is 0. The molecule has 2 aromatic rings. The molecule has 0 saturated carbocycles. The summed E-state index contributed by atoms with van der Waals surface area (Å²) in [5.74, 6) is 1.34. The minimum atomic E-state index is -0.874. The van der Waals surface area contributed by atoms with E-state index in [0.717, 1.165) is 42.0 Å². The van der Waals surface area contributed by atoms with Crippen molar-refractivity contribution in [1.29, 1.82) is 0 Å². The first-order valence-corrected chi connectivity index (χ1v) is 14.8. The van der Waals surface area contributed by atoms with Gasteiger partial charge < -0.3 is 29.9 Å². The van der Waals surface area contributed by atoms with Gasteiger partial charge in [-0.2, -0.15) is 4.98 Å². The maximum atomic E-state index is 13.7. The summed E-state index contributed by atoms with van der Waals surface area (Å²) in [6.45, 7) is 17.3. The molecule has 0 aromatic carbocycles. The minimum Gasteiger partial charge on any atom is -0.460 e. The maximum absolute atomic E-state index is 13.7. The van der Waals surface area contributed by atoms with Gasteiger partial charge in [-0.25, -0.2) is 15.0 Å². The normalized spacial score (nSPS) is 22.8. The molecular formula is C30H44N8O4.